The molecular formula is C23H29N3O5. The number of carbonyl (C=O) groups is 2. The summed E-state index contributed by atoms with van der Waals surface area (Å²) in [4.78, 5) is 30.2. The third kappa shape index (κ3) is 4.90. The van der Waals surface area contributed by atoms with E-state index in [9.17, 15) is 14.7 Å². The number of fused-ring (bicyclic) bond motifs is 1. The molecular weight excluding hydrogens is 398 g/mol. The molecule has 8 heteroatoms. The van der Waals surface area contributed by atoms with Gasteiger partial charge in [-0.25, -0.2) is 14.6 Å². The molecule has 2 aliphatic heterocycles. The molecule has 2 aromatic rings. The normalized spacial score (nSPS) is 19.3. The number of aromatic nitrogens is 2. The van der Waals surface area contributed by atoms with E-state index in [4.69, 9.17) is 14.5 Å². The Hall–Kier alpha value is -2.87. The lowest BCUT2D eigenvalue weighted by Gasteiger charge is -2.31. The number of nitrogens with zero attached hydrogens (tertiary/aromatic N) is 3. The van der Waals surface area contributed by atoms with Gasteiger partial charge in [0.25, 0.3) is 0 Å². The molecule has 1 unspecified atom stereocenters. The first-order valence-electron chi connectivity index (χ1n) is 10.7. The molecule has 1 aromatic heterocycles. The van der Waals surface area contributed by atoms with E-state index in [1.54, 1.807) is 23.1 Å². The molecule has 0 saturated carbocycles. The van der Waals surface area contributed by atoms with Crippen molar-refractivity contribution >= 4 is 29.2 Å². The fraction of sp³-hybridized carbons (Fsp3) is 0.522. The van der Waals surface area contributed by atoms with Crippen molar-refractivity contribution < 1.29 is 24.2 Å². The van der Waals surface area contributed by atoms with Crippen molar-refractivity contribution in [2.75, 3.05) is 19.7 Å². The minimum Gasteiger partial charge on any atom is -0.478 e. The van der Waals surface area contributed by atoms with Gasteiger partial charge in [-0.1, -0.05) is 5.57 Å². The Morgan fingerprint density at radius 2 is 2.00 bits per heavy atom. The molecule has 1 N–H and O–H groups in total. The topological polar surface area (TPSA) is 93.9 Å². The largest absolute Gasteiger partial charge is 0.478 e. The Bertz CT molecular complexity index is 1020. The van der Waals surface area contributed by atoms with Crippen molar-refractivity contribution in [2.24, 2.45) is 0 Å². The van der Waals surface area contributed by atoms with Crippen LogP contribution in [0.2, 0.25) is 0 Å². The maximum atomic E-state index is 12.3. The molecule has 166 valence electrons. The molecule has 0 aliphatic carbocycles. The maximum absolute atomic E-state index is 12.3. The summed E-state index contributed by atoms with van der Waals surface area (Å²) in [5.41, 5.74) is 2.52. The highest BCUT2D eigenvalue weighted by molar-refractivity contribution is 5.92. The molecule has 3 heterocycles. The maximum Gasteiger partial charge on any atom is 0.410 e. The van der Waals surface area contributed by atoms with Crippen LogP contribution in [0.25, 0.3) is 17.1 Å². The zero-order valence-corrected chi connectivity index (χ0v) is 18.3. The van der Waals surface area contributed by atoms with E-state index >= 15 is 0 Å². The van der Waals surface area contributed by atoms with Crippen LogP contribution in [0.15, 0.2) is 23.8 Å². The summed E-state index contributed by atoms with van der Waals surface area (Å²) in [6.07, 6.45) is 4.41. The predicted molar refractivity (Wildman–Crippen MR) is 116 cm³/mol. The summed E-state index contributed by atoms with van der Waals surface area (Å²) in [5.74, 6) is -0.155. The number of hydrogen-bond donors (Lipinski definition) is 1. The lowest BCUT2D eigenvalue weighted by atomic mass is 10.0. The number of carbonyl (C=O) groups excluding carboxylic acids is 1. The van der Waals surface area contributed by atoms with Crippen LogP contribution < -0.4 is 0 Å². The molecule has 0 bridgehead atoms. The van der Waals surface area contributed by atoms with Gasteiger partial charge in [-0.2, -0.15) is 0 Å². The number of imidazole rings is 1. The first-order valence-corrected chi connectivity index (χ1v) is 10.7. The van der Waals surface area contributed by atoms with Gasteiger partial charge < -0.3 is 24.0 Å². The number of aromatic carboxylic acids is 1. The van der Waals surface area contributed by atoms with Crippen LogP contribution in [0, 0.1) is 0 Å². The van der Waals surface area contributed by atoms with E-state index in [0.717, 1.165) is 42.7 Å². The van der Waals surface area contributed by atoms with Crippen molar-refractivity contribution in [1.29, 1.82) is 0 Å². The molecule has 1 aromatic carbocycles. The Balaban J connectivity index is 1.56. The summed E-state index contributed by atoms with van der Waals surface area (Å²) in [6.45, 7) is 8.22. The molecule has 1 atom stereocenters. The third-order valence-electron chi connectivity index (χ3n) is 5.59. The van der Waals surface area contributed by atoms with Crippen LogP contribution in [0.4, 0.5) is 4.79 Å². The highest BCUT2D eigenvalue weighted by Gasteiger charge is 2.26. The van der Waals surface area contributed by atoms with Crippen molar-refractivity contribution in [1.82, 2.24) is 14.5 Å². The minimum atomic E-state index is -0.955. The average molecular weight is 428 g/mol. The van der Waals surface area contributed by atoms with Gasteiger partial charge in [0.1, 0.15) is 11.4 Å². The molecule has 0 spiro atoms. The van der Waals surface area contributed by atoms with Gasteiger partial charge in [-0.15, -0.1) is 0 Å². The number of hydrogen-bond acceptors (Lipinski definition) is 5. The predicted octanol–water partition coefficient (Wildman–Crippen LogP) is 3.94. The van der Waals surface area contributed by atoms with E-state index in [-0.39, 0.29) is 17.8 Å². The quantitative estimate of drug-likeness (QED) is 0.794. The van der Waals surface area contributed by atoms with Crippen molar-refractivity contribution in [3.8, 4) is 0 Å². The SMILES string of the molecule is CC(C)(C)OC(=O)N1CCC(=Cc2nc3ccc(C(=O)O)cc3n2CC2CCO2)CC1. The monoisotopic (exact) mass is 427 g/mol. The van der Waals surface area contributed by atoms with Gasteiger partial charge in [-0.05, 0) is 64.3 Å². The number of piperidine rings is 1. The fourth-order valence-corrected chi connectivity index (χ4v) is 3.84. The summed E-state index contributed by atoms with van der Waals surface area (Å²) < 4.78 is 13.1. The Labute approximate surface area is 181 Å². The first kappa shape index (κ1) is 21.4. The number of carboxylic acid groups (broad SMARTS) is 1. The third-order valence-corrected chi connectivity index (χ3v) is 5.59. The van der Waals surface area contributed by atoms with Gasteiger partial charge >= 0.3 is 12.1 Å². The van der Waals surface area contributed by atoms with Crippen LogP contribution in [0.3, 0.4) is 0 Å². The number of amides is 1. The molecule has 2 saturated heterocycles. The smallest absolute Gasteiger partial charge is 0.410 e. The van der Waals surface area contributed by atoms with Crippen LogP contribution in [-0.2, 0) is 16.0 Å². The molecule has 4 rings (SSSR count). The minimum absolute atomic E-state index is 0.122. The van der Waals surface area contributed by atoms with Crippen LogP contribution in [-0.4, -0.2) is 63.0 Å². The van der Waals surface area contributed by atoms with Gasteiger partial charge in [0.05, 0.1) is 29.2 Å². The second-order valence-electron chi connectivity index (χ2n) is 9.14. The summed E-state index contributed by atoms with van der Waals surface area (Å²) in [7, 11) is 0. The average Bonchev–Trinajstić information content (AvgIpc) is 3.00. The number of benzene rings is 1. The lowest BCUT2D eigenvalue weighted by Crippen LogP contribution is -2.40. The van der Waals surface area contributed by atoms with E-state index in [1.807, 2.05) is 20.8 Å². The standard InChI is InChI=1S/C23H29N3O5/c1-23(2,3)31-22(29)25-9-6-15(7-10-25)12-20-24-18-5-4-16(21(27)28)13-19(18)26(20)14-17-8-11-30-17/h4-5,12-13,17H,6-11,14H2,1-3H3,(H,27,28). The number of likely N-dealkylation sites (tertiary alicyclic amines) is 1. The van der Waals surface area contributed by atoms with E-state index in [1.165, 1.54) is 5.57 Å². The Morgan fingerprint density at radius 1 is 1.29 bits per heavy atom. The molecule has 31 heavy (non-hydrogen) atoms. The van der Waals surface area contributed by atoms with Crippen LogP contribution >= 0.6 is 0 Å². The molecule has 8 nitrogen and oxygen atoms in total. The second kappa shape index (κ2) is 8.34. The molecule has 2 aliphatic rings. The van der Waals surface area contributed by atoms with Gasteiger partial charge in [0.15, 0.2) is 0 Å². The van der Waals surface area contributed by atoms with E-state index in [0.29, 0.717) is 19.6 Å². The Kier molecular flexibility index (Phi) is 5.75. The van der Waals surface area contributed by atoms with Crippen molar-refractivity contribution in [3.63, 3.8) is 0 Å². The van der Waals surface area contributed by atoms with Gasteiger partial charge in [0.2, 0.25) is 0 Å². The van der Waals surface area contributed by atoms with Gasteiger partial charge in [0, 0.05) is 19.7 Å². The Morgan fingerprint density at radius 3 is 2.58 bits per heavy atom. The fourth-order valence-electron chi connectivity index (χ4n) is 3.84. The zero-order valence-electron chi connectivity index (χ0n) is 18.3. The highest BCUT2D eigenvalue weighted by atomic mass is 16.6. The van der Waals surface area contributed by atoms with Crippen molar-refractivity contribution in [2.45, 2.75) is 58.3 Å². The van der Waals surface area contributed by atoms with E-state index in [2.05, 4.69) is 10.6 Å². The lowest BCUT2D eigenvalue weighted by molar-refractivity contribution is -0.0587. The number of carboxylic acids is 1. The van der Waals surface area contributed by atoms with E-state index < -0.39 is 11.6 Å². The highest BCUT2D eigenvalue weighted by Crippen LogP contribution is 2.26. The second-order valence-corrected chi connectivity index (χ2v) is 9.14. The number of ether oxygens (including phenoxy) is 2. The van der Waals surface area contributed by atoms with Gasteiger partial charge in [-0.3, -0.25) is 0 Å². The van der Waals surface area contributed by atoms with Crippen LogP contribution in [0.5, 0.6) is 0 Å². The molecule has 2 fully saturated rings. The number of rotatable bonds is 4. The summed E-state index contributed by atoms with van der Waals surface area (Å²) in [5, 5.41) is 9.37. The zero-order chi connectivity index (χ0) is 22.2. The summed E-state index contributed by atoms with van der Waals surface area (Å²) >= 11 is 0. The molecule has 0 radical (unpaired) electrons. The van der Waals surface area contributed by atoms with Crippen LogP contribution in [0.1, 0.15) is 56.2 Å². The van der Waals surface area contributed by atoms with Crippen molar-refractivity contribution in [3.05, 3.63) is 35.2 Å². The summed E-state index contributed by atoms with van der Waals surface area (Å²) in [6, 6.07) is 5.01. The first-order chi connectivity index (χ1) is 14.7. The molecule has 1 amide bonds.